The van der Waals surface area contributed by atoms with Crippen molar-refractivity contribution in [2.75, 3.05) is 51.8 Å². The molecule has 1 spiro atoms. The summed E-state index contributed by atoms with van der Waals surface area (Å²) in [5.41, 5.74) is 7.01. The Kier molecular flexibility index (Phi) is 7.74. The number of urea groups is 1. The third kappa shape index (κ3) is 5.64. The molecule has 0 bridgehead atoms. The van der Waals surface area contributed by atoms with Gasteiger partial charge in [-0.2, -0.15) is 4.98 Å². The van der Waals surface area contributed by atoms with E-state index in [-0.39, 0.29) is 18.0 Å². The summed E-state index contributed by atoms with van der Waals surface area (Å²) in [6, 6.07) is 7.56. The van der Waals surface area contributed by atoms with Crippen molar-refractivity contribution in [3.63, 3.8) is 0 Å². The van der Waals surface area contributed by atoms with Gasteiger partial charge in [-0.15, -0.1) is 0 Å². The molecule has 3 fully saturated rings. The van der Waals surface area contributed by atoms with Gasteiger partial charge < -0.3 is 24.0 Å². The van der Waals surface area contributed by atoms with Crippen LogP contribution in [0.25, 0.3) is 0 Å². The fourth-order valence-corrected chi connectivity index (χ4v) is 5.62. The molecule has 3 aliphatic heterocycles. The van der Waals surface area contributed by atoms with Crippen molar-refractivity contribution in [1.29, 1.82) is 0 Å². The third-order valence-electron chi connectivity index (χ3n) is 7.77. The van der Waals surface area contributed by atoms with Crippen molar-refractivity contribution in [3.05, 3.63) is 41.6 Å². The van der Waals surface area contributed by atoms with Gasteiger partial charge in [-0.1, -0.05) is 12.1 Å². The predicted molar refractivity (Wildman–Crippen MR) is 148 cm³/mol. The molecule has 2 N–H and O–H groups in total. The second-order valence-electron chi connectivity index (χ2n) is 11.6. The molecule has 4 heterocycles. The maximum atomic E-state index is 14.1. The number of aromatic nitrogens is 2. The van der Waals surface area contributed by atoms with Crippen LogP contribution in [0.15, 0.2) is 30.5 Å². The number of anilines is 1. The Morgan fingerprint density at radius 2 is 1.85 bits per heavy atom. The van der Waals surface area contributed by atoms with E-state index in [1.807, 2.05) is 49.9 Å². The summed E-state index contributed by atoms with van der Waals surface area (Å²) >= 11 is 0. The molecule has 5 rings (SSSR count). The van der Waals surface area contributed by atoms with Gasteiger partial charge in [0.05, 0.1) is 26.3 Å². The van der Waals surface area contributed by atoms with E-state index in [0.29, 0.717) is 50.8 Å². The second-order valence-corrected chi connectivity index (χ2v) is 11.6. The number of hydrogen-bond donors (Lipinski definition) is 2. The van der Waals surface area contributed by atoms with Crippen LogP contribution in [0, 0.1) is 0 Å². The van der Waals surface area contributed by atoms with Crippen LogP contribution in [0.5, 0.6) is 11.6 Å². The van der Waals surface area contributed by atoms with Crippen molar-refractivity contribution < 1.29 is 23.8 Å². The Hall–Kier alpha value is -3.64. The molecule has 0 atom stereocenters. The molecule has 1 aromatic carbocycles. The average Bonchev–Trinajstić information content (AvgIpc) is 3.56. The molecule has 12 nitrogen and oxygen atoms in total. The summed E-state index contributed by atoms with van der Waals surface area (Å²) in [5.74, 6) is 1.68. The van der Waals surface area contributed by atoms with Crippen LogP contribution in [0.2, 0.25) is 0 Å². The van der Waals surface area contributed by atoms with Gasteiger partial charge in [0.1, 0.15) is 11.4 Å². The summed E-state index contributed by atoms with van der Waals surface area (Å²) in [4.78, 5) is 41.4. The van der Waals surface area contributed by atoms with Crippen LogP contribution in [0.3, 0.4) is 0 Å². The molecule has 0 unspecified atom stereocenters. The highest BCUT2D eigenvalue weighted by atomic mass is 16.6. The van der Waals surface area contributed by atoms with Crippen molar-refractivity contribution in [2.45, 2.75) is 57.2 Å². The number of carbonyl (C=O) groups is 2. The van der Waals surface area contributed by atoms with Gasteiger partial charge in [0.2, 0.25) is 11.8 Å². The van der Waals surface area contributed by atoms with Gasteiger partial charge in [-0.25, -0.2) is 14.6 Å². The lowest BCUT2D eigenvalue weighted by atomic mass is 9.86. The number of piperidine rings is 1. The van der Waals surface area contributed by atoms with Gasteiger partial charge >= 0.3 is 12.1 Å². The fraction of sp³-hybridized carbons (Fsp3) is 0.571. The van der Waals surface area contributed by atoms with Gasteiger partial charge in [0.25, 0.3) is 0 Å². The van der Waals surface area contributed by atoms with Gasteiger partial charge in [0.15, 0.2) is 0 Å². The monoisotopic (exact) mass is 553 g/mol. The van der Waals surface area contributed by atoms with E-state index in [2.05, 4.69) is 20.8 Å². The maximum absolute atomic E-state index is 14.1. The zero-order valence-electron chi connectivity index (χ0n) is 23.9. The summed E-state index contributed by atoms with van der Waals surface area (Å²) < 4.78 is 16.7. The number of hydrogen-bond acceptors (Lipinski definition) is 9. The van der Waals surface area contributed by atoms with Crippen molar-refractivity contribution in [2.24, 2.45) is 0 Å². The molecule has 216 valence electrons. The highest BCUT2D eigenvalue weighted by molar-refractivity contribution is 5.94. The summed E-state index contributed by atoms with van der Waals surface area (Å²) in [5, 5.41) is 0. The highest BCUT2D eigenvalue weighted by Crippen LogP contribution is 2.40. The lowest BCUT2D eigenvalue weighted by Crippen LogP contribution is -2.55. The third-order valence-corrected chi connectivity index (χ3v) is 7.77. The van der Waals surface area contributed by atoms with Crippen LogP contribution in [-0.2, 0) is 11.3 Å². The van der Waals surface area contributed by atoms with E-state index in [9.17, 15) is 9.59 Å². The number of carbonyl (C=O) groups excluding carboxylic acids is 2. The first kappa shape index (κ1) is 27.9. The van der Waals surface area contributed by atoms with Crippen molar-refractivity contribution in [1.82, 2.24) is 30.6 Å². The number of ether oxygens (including phenoxy) is 3. The fourth-order valence-electron chi connectivity index (χ4n) is 5.62. The smallest absolute Gasteiger partial charge is 0.410 e. The molecule has 3 aliphatic rings. The van der Waals surface area contributed by atoms with E-state index in [0.717, 1.165) is 30.0 Å². The number of hydrazine groups is 1. The van der Waals surface area contributed by atoms with Crippen molar-refractivity contribution >= 4 is 18.1 Å². The lowest BCUT2D eigenvalue weighted by Gasteiger charge is -2.43. The molecule has 40 heavy (non-hydrogen) atoms. The second kappa shape index (κ2) is 11.1. The van der Waals surface area contributed by atoms with Crippen LogP contribution in [0.4, 0.5) is 15.5 Å². The Morgan fingerprint density at radius 3 is 2.50 bits per heavy atom. The minimum atomic E-state index is -0.572. The number of benzene rings is 1. The molecular weight excluding hydrogens is 514 g/mol. The molecule has 3 saturated heterocycles. The SMILES string of the molecule is COc1cccc(CN2C(=O)N(c3ncc(C4CNNC4)c(OC)n3)CC23CCN(C(=O)OC(C)(C)C)CC3)c1. The molecule has 2 aromatic rings. The Bertz CT molecular complexity index is 1240. The molecule has 0 aliphatic carbocycles. The average molecular weight is 554 g/mol. The van der Waals surface area contributed by atoms with Crippen LogP contribution < -0.4 is 25.2 Å². The number of nitrogens with one attached hydrogen (secondary N) is 2. The number of nitrogens with zero attached hydrogens (tertiary/aromatic N) is 5. The van der Waals surface area contributed by atoms with Gasteiger partial charge in [-0.3, -0.25) is 15.8 Å². The Morgan fingerprint density at radius 1 is 1.12 bits per heavy atom. The maximum Gasteiger partial charge on any atom is 0.410 e. The molecular formula is C28H39N7O5. The molecule has 1 aromatic heterocycles. The first-order valence-electron chi connectivity index (χ1n) is 13.7. The zero-order chi connectivity index (χ0) is 28.5. The normalized spacial score (nSPS) is 19.4. The molecule has 0 radical (unpaired) electrons. The van der Waals surface area contributed by atoms with E-state index >= 15 is 0 Å². The van der Waals surface area contributed by atoms with Crippen LogP contribution in [0.1, 0.15) is 50.7 Å². The van der Waals surface area contributed by atoms with E-state index in [1.165, 1.54) is 0 Å². The Balaban J connectivity index is 1.42. The summed E-state index contributed by atoms with van der Waals surface area (Å²) in [6.07, 6.45) is 2.64. The topological polar surface area (TPSA) is 121 Å². The van der Waals surface area contributed by atoms with Gasteiger partial charge in [-0.05, 0) is 51.3 Å². The first-order valence-corrected chi connectivity index (χ1v) is 13.7. The molecule has 3 amide bonds. The minimum absolute atomic E-state index is 0.173. The molecule has 12 heteroatoms. The van der Waals surface area contributed by atoms with Crippen LogP contribution in [-0.4, -0.2) is 90.0 Å². The lowest BCUT2D eigenvalue weighted by molar-refractivity contribution is 0.00785. The predicted octanol–water partition coefficient (Wildman–Crippen LogP) is 2.90. The van der Waals surface area contributed by atoms with E-state index < -0.39 is 11.1 Å². The number of methoxy groups -OCH3 is 2. The largest absolute Gasteiger partial charge is 0.497 e. The molecule has 0 saturated carbocycles. The number of rotatable bonds is 6. The Labute approximate surface area is 234 Å². The summed E-state index contributed by atoms with van der Waals surface area (Å²) in [6.45, 7) is 8.84. The quantitative estimate of drug-likeness (QED) is 0.556. The first-order chi connectivity index (χ1) is 19.1. The van der Waals surface area contributed by atoms with E-state index in [1.54, 1.807) is 30.2 Å². The number of likely N-dealkylation sites (tertiary alicyclic amines) is 1. The number of amides is 3. The highest BCUT2D eigenvalue weighted by Gasteiger charge is 2.52. The van der Waals surface area contributed by atoms with Crippen LogP contribution >= 0.6 is 0 Å². The zero-order valence-corrected chi connectivity index (χ0v) is 23.9. The summed E-state index contributed by atoms with van der Waals surface area (Å²) in [7, 11) is 3.21. The van der Waals surface area contributed by atoms with Crippen molar-refractivity contribution in [3.8, 4) is 11.6 Å². The standard InChI is InChI=1S/C28H39N7O5/c1-27(2,3)40-26(37)33-11-9-28(10-12-33)18-34(25(36)35(28)17-19-7-6-8-21(13-19)38-4)24-29-16-22(23(32-24)39-5)20-14-30-31-15-20/h6-8,13,16,20,30-31H,9-12,14-15,17-18H2,1-5H3. The van der Waals surface area contributed by atoms with E-state index in [4.69, 9.17) is 14.2 Å². The van der Waals surface area contributed by atoms with Gasteiger partial charge in [0, 0.05) is 50.4 Å². The minimum Gasteiger partial charge on any atom is -0.497 e.